The number of benzene rings is 2. The molecule has 22 heavy (non-hydrogen) atoms. The molecule has 2 aromatic carbocycles. The van der Waals surface area contributed by atoms with Gasteiger partial charge in [0.15, 0.2) is 0 Å². The first-order valence-corrected chi connectivity index (χ1v) is 8.36. The molecular formula is C21H21N. The number of nitrogens with zero attached hydrogens (tertiary/aromatic N) is 1. The Hall–Kier alpha value is -2.15. The molecule has 0 unspecified atom stereocenters. The Bertz CT molecular complexity index is 767. The van der Waals surface area contributed by atoms with Crippen LogP contribution in [0.5, 0.6) is 0 Å². The van der Waals surface area contributed by atoms with E-state index in [-0.39, 0.29) is 0 Å². The Labute approximate surface area is 132 Å². The van der Waals surface area contributed by atoms with Crippen LogP contribution in [-0.4, -0.2) is 4.98 Å². The van der Waals surface area contributed by atoms with Crippen LogP contribution in [0.4, 0.5) is 0 Å². The maximum atomic E-state index is 4.79. The van der Waals surface area contributed by atoms with Gasteiger partial charge in [0.25, 0.3) is 0 Å². The Morgan fingerprint density at radius 2 is 1.50 bits per heavy atom. The van der Waals surface area contributed by atoms with Gasteiger partial charge in [-0.3, -0.25) is 0 Å². The van der Waals surface area contributed by atoms with E-state index in [9.17, 15) is 0 Å². The third kappa shape index (κ3) is 2.64. The fourth-order valence-electron chi connectivity index (χ4n) is 3.59. The highest BCUT2D eigenvalue weighted by molar-refractivity contribution is 5.81. The molecule has 3 aromatic rings. The van der Waals surface area contributed by atoms with Gasteiger partial charge >= 0.3 is 0 Å². The Morgan fingerprint density at radius 3 is 2.32 bits per heavy atom. The average Bonchev–Trinajstić information content (AvgIpc) is 2.62. The molecule has 0 bridgehead atoms. The van der Waals surface area contributed by atoms with Gasteiger partial charge in [-0.25, -0.2) is 4.98 Å². The van der Waals surface area contributed by atoms with Crippen molar-refractivity contribution in [3.8, 4) is 11.3 Å². The number of aromatic nitrogens is 1. The van der Waals surface area contributed by atoms with Crippen molar-refractivity contribution in [2.24, 2.45) is 0 Å². The summed E-state index contributed by atoms with van der Waals surface area (Å²) in [5.74, 6) is 0.771. The molecule has 0 radical (unpaired) electrons. The van der Waals surface area contributed by atoms with E-state index in [1.807, 2.05) is 6.07 Å². The molecule has 4 rings (SSSR count). The van der Waals surface area contributed by atoms with Gasteiger partial charge in [0.2, 0.25) is 0 Å². The molecule has 0 N–H and O–H groups in total. The molecule has 0 atom stereocenters. The van der Waals surface area contributed by atoms with Crippen LogP contribution in [0.25, 0.3) is 22.2 Å². The molecule has 1 nitrogen and oxygen atoms in total. The fraction of sp³-hybridized carbons (Fsp3) is 0.286. The molecule has 1 saturated carbocycles. The smallest absolute Gasteiger partial charge is 0.0709 e. The van der Waals surface area contributed by atoms with Crippen molar-refractivity contribution in [2.45, 2.75) is 38.0 Å². The van der Waals surface area contributed by atoms with Gasteiger partial charge in [-0.2, -0.15) is 0 Å². The summed E-state index contributed by atoms with van der Waals surface area (Å²) in [6, 6.07) is 21.7. The maximum absolute atomic E-state index is 4.79. The van der Waals surface area contributed by atoms with Crippen LogP contribution >= 0.6 is 0 Å². The summed E-state index contributed by atoms with van der Waals surface area (Å²) in [4.78, 5) is 4.79. The van der Waals surface area contributed by atoms with Crippen molar-refractivity contribution in [3.63, 3.8) is 0 Å². The maximum Gasteiger partial charge on any atom is 0.0709 e. The Balaban J connectivity index is 1.63. The van der Waals surface area contributed by atoms with E-state index in [4.69, 9.17) is 4.98 Å². The quantitative estimate of drug-likeness (QED) is 0.567. The van der Waals surface area contributed by atoms with E-state index in [1.165, 1.54) is 48.6 Å². The van der Waals surface area contributed by atoms with Gasteiger partial charge in [0.1, 0.15) is 0 Å². The molecule has 1 aromatic heterocycles. The molecule has 1 fully saturated rings. The van der Waals surface area contributed by atoms with Crippen LogP contribution in [0.2, 0.25) is 0 Å². The third-order valence-corrected chi connectivity index (χ3v) is 4.88. The second-order valence-corrected chi connectivity index (χ2v) is 6.35. The predicted molar refractivity (Wildman–Crippen MR) is 93.0 cm³/mol. The number of pyridine rings is 1. The van der Waals surface area contributed by atoms with Gasteiger partial charge in [-0.05, 0) is 36.5 Å². The first-order chi connectivity index (χ1) is 10.9. The van der Waals surface area contributed by atoms with Crippen molar-refractivity contribution in [1.82, 2.24) is 4.98 Å². The molecule has 0 spiro atoms. The summed E-state index contributed by atoms with van der Waals surface area (Å²) >= 11 is 0. The summed E-state index contributed by atoms with van der Waals surface area (Å²) in [6.45, 7) is 0. The van der Waals surface area contributed by atoms with Crippen molar-refractivity contribution >= 4 is 10.9 Å². The zero-order chi connectivity index (χ0) is 14.8. The van der Waals surface area contributed by atoms with E-state index < -0.39 is 0 Å². The lowest BCUT2D eigenvalue weighted by molar-refractivity contribution is 0.443. The SMILES string of the molecule is c1ccc2nc(-c3ccc(C4CCCCC4)cc3)ccc2c1. The van der Waals surface area contributed by atoms with E-state index in [0.717, 1.165) is 17.1 Å². The monoisotopic (exact) mass is 287 g/mol. The topological polar surface area (TPSA) is 12.9 Å². The number of para-hydroxylation sites is 1. The second kappa shape index (κ2) is 5.92. The number of rotatable bonds is 2. The van der Waals surface area contributed by atoms with Gasteiger partial charge in [-0.15, -0.1) is 0 Å². The van der Waals surface area contributed by atoms with E-state index in [2.05, 4.69) is 54.6 Å². The standard InChI is InChI=1S/C21H21N/c1-2-6-16(7-3-1)17-10-12-19(13-11-17)21-15-14-18-8-4-5-9-20(18)22-21/h4-5,8-16H,1-3,6-7H2. The summed E-state index contributed by atoms with van der Waals surface area (Å²) in [7, 11) is 0. The minimum absolute atomic E-state index is 0.771. The zero-order valence-corrected chi connectivity index (χ0v) is 12.8. The zero-order valence-electron chi connectivity index (χ0n) is 12.8. The summed E-state index contributed by atoms with van der Waals surface area (Å²) < 4.78 is 0. The van der Waals surface area contributed by atoms with Crippen molar-refractivity contribution < 1.29 is 0 Å². The lowest BCUT2D eigenvalue weighted by atomic mass is 9.84. The minimum atomic E-state index is 0.771. The molecule has 0 amide bonds. The predicted octanol–water partition coefficient (Wildman–Crippen LogP) is 5.95. The van der Waals surface area contributed by atoms with Crippen LogP contribution < -0.4 is 0 Å². The number of hydrogen-bond donors (Lipinski definition) is 0. The summed E-state index contributed by atoms with van der Waals surface area (Å²) in [5, 5.41) is 1.20. The molecule has 1 aliphatic rings. The molecule has 110 valence electrons. The van der Waals surface area contributed by atoms with Crippen molar-refractivity contribution in [1.29, 1.82) is 0 Å². The van der Waals surface area contributed by atoms with Crippen LogP contribution in [-0.2, 0) is 0 Å². The van der Waals surface area contributed by atoms with Crippen LogP contribution in [0.15, 0.2) is 60.7 Å². The highest BCUT2D eigenvalue weighted by Gasteiger charge is 2.15. The summed E-state index contributed by atoms with van der Waals surface area (Å²) in [6.07, 6.45) is 6.90. The second-order valence-electron chi connectivity index (χ2n) is 6.35. The minimum Gasteiger partial charge on any atom is -0.248 e. The first-order valence-electron chi connectivity index (χ1n) is 8.36. The molecular weight excluding hydrogens is 266 g/mol. The lowest BCUT2D eigenvalue weighted by Gasteiger charge is -2.22. The first kappa shape index (κ1) is 13.5. The van der Waals surface area contributed by atoms with Crippen LogP contribution in [0.3, 0.4) is 0 Å². The highest BCUT2D eigenvalue weighted by atomic mass is 14.7. The van der Waals surface area contributed by atoms with Gasteiger partial charge < -0.3 is 0 Å². The Kier molecular flexibility index (Phi) is 3.64. The van der Waals surface area contributed by atoms with Crippen LogP contribution in [0, 0.1) is 0 Å². The van der Waals surface area contributed by atoms with Gasteiger partial charge in [-0.1, -0.05) is 67.8 Å². The lowest BCUT2D eigenvalue weighted by Crippen LogP contribution is -2.04. The average molecular weight is 287 g/mol. The van der Waals surface area contributed by atoms with Crippen LogP contribution in [0.1, 0.15) is 43.6 Å². The van der Waals surface area contributed by atoms with Gasteiger partial charge in [0.05, 0.1) is 11.2 Å². The highest BCUT2D eigenvalue weighted by Crippen LogP contribution is 2.33. The van der Waals surface area contributed by atoms with Crippen molar-refractivity contribution in [2.75, 3.05) is 0 Å². The fourth-order valence-corrected chi connectivity index (χ4v) is 3.59. The Morgan fingerprint density at radius 1 is 0.727 bits per heavy atom. The number of hydrogen-bond acceptors (Lipinski definition) is 1. The number of fused-ring (bicyclic) bond motifs is 1. The van der Waals surface area contributed by atoms with E-state index in [1.54, 1.807) is 0 Å². The molecule has 0 saturated heterocycles. The molecule has 1 aliphatic carbocycles. The molecule has 1 heterocycles. The summed E-state index contributed by atoms with van der Waals surface area (Å²) in [5.41, 5.74) is 4.85. The van der Waals surface area contributed by atoms with Gasteiger partial charge in [0, 0.05) is 10.9 Å². The van der Waals surface area contributed by atoms with E-state index >= 15 is 0 Å². The van der Waals surface area contributed by atoms with E-state index in [0.29, 0.717) is 0 Å². The third-order valence-electron chi connectivity index (χ3n) is 4.88. The largest absolute Gasteiger partial charge is 0.248 e. The normalized spacial score (nSPS) is 16.0. The molecule has 0 aliphatic heterocycles. The van der Waals surface area contributed by atoms with Crippen molar-refractivity contribution in [3.05, 3.63) is 66.2 Å². The molecule has 1 heteroatoms.